The molecule has 0 aliphatic rings. The molecule has 114 valence electrons. The first-order valence-corrected chi connectivity index (χ1v) is 8.98. The van der Waals surface area contributed by atoms with Crippen molar-refractivity contribution in [3.63, 3.8) is 0 Å². The van der Waals surface area contributed by atoms with Gasteiger partial charge in [-0.15, -0.1) is 11.3 Å². The van der Waals surface area contributed by atoms with Gasteiger partial charge in [0.15, 0.2) is 0 Å². The van der Waals surface area contributed by atoms with Crippen LogP contribution in [0.4, 0.5) is 0 Å². The molecule has 1 heterocycles. The lowest BCUT2D eigenvalue weighted by Gasteiger charge is -2.19. The average molecular weight is 368 g/mol. The van der Waals surface area contributed by atoms with Gasteiger partial charge in [-0.1, -0.05) is 19.1 Å². The van der Waals surface area contributed by atoms with Crippen LogP contribution in [0.1, 0.15) is 42.3 Å². The van der Waals surface area contributed by atoms with Crippen molar-refractivity contribution in [2.45, 2.75) is 33.2 Å². The number of thiophene rings is 1. The molecular weight excluding hydrogens is 346 g/mol. The van der Waals surface area contributed by atoms with Crippen molar-refractivity contribution in [1.82, 2.24) is 5.32 Å². The molecule has 4 heteroatoms. The maximum atomic E-state index is 5.53. The number of nitrogens with one attached hydrogen (secondary N) is 1. The molecule has 0 bridgehead atoms. The minimum absolute atomic E-state index is 0.239. The molecule has 1 unspecified atom stereocenters. The van der Waals surface area contributed by atoms with Crippen LogP contribution >= 0.6 is 27.3 Å². The fraction of sp³-hybridized carbons (Fsp3) is 0.412. The Labute approximate surface area is 139 Å². The van der Waals surface area contributed by atoms with Crippen molar-refractivity contribution < 1.29 is 4.74 Å². The lowest BCUT2D eigenvalue weighted by molar-refractivity contribution is 0.340. The first-order valence-electron chi connectivity index (χ1n) is 7.37. The molecule has 0 spiro atoms. The fourth-order valence-electron chi connectivity index (χ4n) is 2.36. The normalized spacial score (nSPS) is 12.4. The molecule has 0 saturated heterocycles. The summed E-state index contributed by atoms with van der Waals surface area (Å²) in [4.78, 5) is 1.35. The van der Waals surface area contributed by atoms with Crippen LogP contribution in [-0.4, -0.2) is 13.2 Å². The SMILES string of the molecule is CCCNC(c1ccc(OCC)cc1)c1cc(Br)sc1C. The third-order valence-corrected chi connectivity index (χ3v) is 4.93. The number of halogens is 1. The highest BCUT2D eigenvalue weighted by molar-refractivity contribution is 9.11. The van der Waals surface area contributed by atoms with Crippen LogP contribution in [0.2, 0.25) is 0 Å². The third-order valence-electron chi connectivity index (χ3n) is 3.36. The Morgan fingerprint density at radius 3 is 2.48 bits per heavy atom. The predicted octanol–water partition coefficient (Wildman–Crippen LogP) is 5.31. The highest BCUT2D eigenvalue weighted by atomic mass is 79.9. The van der Waals surface area contributed by atoms with Gasteiger partial charge in [-0.25, -0.2) is 0 Å². The molecule has 0 aliphatic carbocycles. The van der Waals surface area contributed by atoms with Gasteiger partial charge in [0, 0.05) is 4.88 Å². The van der Waals surface area contributed by atoms with Crippen molar-refractivity contribution in [2.24, 2.45) is 0 Å². The predicted molar refractivity (Wildman–Crippen MR) is 94.5 cm³/mol. The van der Waals surface area contributed by atoms with Gasteiger partial charge in [-0.2, -0.15) is 0 Å². The van der Waals surface area contributed by atoms with Gasteiger partial charge < -0.3 is 10.1 Å². The lowest BCUT2D eigenvalue weighted by atomic mass is 9.99. The highest BCUT2D eigenvalue weighted by Gasteiger charge is 2.17. The van der Waals surface area contributed by atoms with Crippen molar-refractivity contribution in [1.29, 1.82) is 0 Å². The summed E-state index contributed by atoms with van der Waals surface area (Å²) >= 11 is 5.38. The largest absolute Gasteiger partial charge is 0.494 e. The zero-order chi connectivity index (χ0) is 15.2. The van der Waals surface area contributed by atoms with Crippen LogP contribution in [0.5, 0.6) is 5.75 Å². The van der Waals surface area contributed by atoms with E-state index >= 15 is 0 Å². The maximum Gasteiger partial charge on any atom is 0.119 e. The van der Waals surface area contributed by atoms with Crippen LogP contribution in [0.15, 0.2) is 34.1 Å². The average Bonchev–Trinajstić information content (AvgIpc) is 2.80. The number of aryl methyl sites for hydroxylation is 1. The van der Waals surface area contributed by atoms with Crippen LogP contribution in [0, 0.1) is 6.92 Å². The Hall–Kier alpha value is -0.840. The summed E-state index contributed by atoms with van der Waals surface area (Å²) < 4.78 is 6.71. The second-order valence-corrected chi connectivity index (χ2v) is 7.59. The third kappa shape index (κ3) is 4.31. The molecule has 2 aromatic rings. The second-order valence-electron chi connectivity index (χ2n) is 4.95. The smallest absolute Gasteiger partial charge is 0.119 e. The van der Waals surface area contributed by atoms with Gasteiger partial charge >= 0.3 is 0 Å². The molecule has 2 rings (SSSR count). The molecule has 21 heavy (non-hydrogen) atoms. The molecular formula is C17H22BrNOS. The summed E-state index contributed by atoms with van der Waals surface area (Å²) in [5.74, 6) is 0.929. The van der Waals surface area contributed by atoms with Gasteiger partial charge in [0.1, 0.15) is 5.75 Å². The van der Waals surface area contributed by atoms with Crippen LogP contribution in [-0.2, 0) is 0 Å². The lowest BCUT2D eigenvalue weighted by Crippen LogP contribution is -2.23. The van der Waals surface area contributed by atoms with Crippen molar-refractivity contribution in [2.75, 3.05) is 13.2 Å². The molecule has 0 fully saturated rings. The van der Waals surface area contributed by atoms with Gasteiger partial charge in [-0.05, 0) is 72.1 Å². The molecule has 1 aromatic carbocycles. The summed E-state index contributed by atoms with van der Waals surface area (Å²) in [6, 6.07) is 10.9. The number of hydrogen-bond acceptors (Lipinski definition) is 3. The second kappa shape index (κ2) is 7.97. The van der Waals surface area contributed by atoms with Gasteiger partial charge in [-0.3, -0.25) is 0 Å². The Kier molecular flexibility index (Phi) is 6.27. The number of benzene rings is 1. The fourth-order valence-corrected chi connectivity index (χ4v) is 4.11. The summed E-state index contributed by atoms with van der Waals surface area (Å²) in [5.41, 5.74) is 2.63. The van der Waals surface area contributed by atoms with E-state index in [1.807, 2.05) is 6.92 Å². The van der Waals surface area contributed by atoms with Crippen molar-refractivity contribution >= 4 is 27.3 Å². The van der Waals surface area contributed by atoms with E-state index in [9.17, 15) is 0 Å². The topological polar surface area (TPSA) is 21.3 Å². The number of ether oxygens (including phenoxy) is 1. The van der Waals surface area contributed by atoms with Gasteiger partial charge in [0.2, 0.25) is 0 Å². The van der Waals surface area contributed by atoms with Crippen molar-refractivity contribution in [3.8, 4) is 5.75 Å². The highest BCUT2D eigenvalue weighted by Crippen LogP contribution is 2.34. The Bertz CT molecular complexity index is 565. The molecule has 0 aliphatic heterocycles. The molecule has 2 nitrogen and oxygen atoms in total. The Balaban J connectivity index is 2.28. The van der Waals surface area contributed by atoms with E-state index in [0.717, 1.165) is 18.7 Å². The van der Waals surface area contributed by atoms with Gasteiger partial charge in [0.25, 0.3) is 0 Å². The minimum atomic E-state index is 0.239. The zero-order valence-electron chi connectivity index (χ0n) is 12.8. The van der Waals surface area contributed by atoms with E-state index in [2.05, 4.69) is 65.4 Å². The molecule has 0 amide bonds. The Morgan fingerprint density at radius 1 is 1.24 bits per heavy atom. The molecule has 1 N–H and O–H groups in total. The van der Waals surface area contributed by atoms with Crippen LogP contribution < -0.4 is 10.1 Å². The van der Waals surface area contributed by atoms with E-state index in [1.54, 1.807) is 11.3 Å². The van der Waals surface area contributed by atoms with E-state index < -0.39 is 0 Å². The maximum absolute atomic E-state index is 5.53. The van der Waals surface area contributed by atoms with Crippen LogP contribution in [0.25, 0.3) is 0 Å². The van der Waals surface area contributed by atoms with E-state index in [0.29, 0.717) is 6.61 Å². The summed E-state index contributed by atoms with van der Waals surface area (Å²) in [6.07, 6.45) is 1.12. The molecule has 0 saturated carbocycles. The standard InChI is InChI=1S/C17H22BrNOS/c1-4-10-19-17(15-11-16(18)21-12(15)3)13-6-8-14(9-7-13)20-5-2/h6-9,11,17,19H,4-5,10H2,1-3H3. The molecule has 1 atom stereocenters. The van der Waals surface area contributed by atoms with E-state index in [1.165, 1.54) is 19.8 Å². The minimum Gasteiger partial charge on any atom is -0.494 e. The quantitative estimate of drug-likeness (QED) is 0.715. The molecule has 1 aromatic heterocycles. The monoisotopic (exact) mass is 367 g/mol. The first-order chi connectivity index (χ1) is 10.2. The van der Waals surface area contributed by atoms with E-state index in [4.69, 9.17) is 4.74 Å². The first kappa shape index (κ1) is 16.5. The Morgan fingerprint density at radius 2 is 1.95 bits per heavy atom. The number of rotatable bonds is 7. The number of hydrogen-bond donors (Lipinski definition) is 1. The van der Waals surface area contributed by atoms with Crippen molar-refractivity contribution in [3.05, 3.63) is 50.1 Å². The van der Waals surface area contributed by atoms with Gasteiger partial charge in [0.05, 0.1) is 16.4 Å². The van der Waals surface area contributed by atoms with Crippen LogP contribution in [0.3, 0.4) is 0 Å². The van der Waals surface area contributed by atoms with E-state index in [-0.39, 0.29) is 6.04 Å². The summed E-state index contributed by atoms with van der Waals surface area (Å²) in [5, 5.41) is 3.65. The molecule has 0 radical (unpaired) electrons. The summed E-state index contributed by atoms with van der Waals surface area (Å²) in [7, 11) is 0. The zero-order valence-corrected chi connectivity index (χ0v) is 15.2. The summed E-state index contributed by atoms with van der Waals surface area (Å²) in [6.45, 7) is 8.09.